The van der Waals surface area contributed by atoms with Crippen LogP contribution in [0.4, 0.5) is 51.2 Å². The van der Waals surface area contributed by atoms with Gasteiger partial charge in [-0.05, 0) is 193 Å². The molecular weight excluding hydrogens is 919 g/mol. The first-order valence-corrected chi connectivity index (χ1v) is 26.5. The molecule has 3 heteroatoms. The monoisotopic (exact) mass is 979 g/mol. The normalized spacial score (nSPS) is 12.4. The second-order valence-electron chi connectivity index (χ2n) is 20.6. The van der Waals surface area contributed by atoms with Crippen LogP contribution >= 0.6 is 0 Å². The van der Waals surface area contributed by atoms with Gasteiger partial charge in [-0.3, -0.25) is 0 Å². The van der Waals surface area contributed by atoms with Gasteiger partial charge in [0.05, 0.1) is 16.8 Å². The molecule has 0 N–H and O–H groups in total. The summed E-state index contributed by atoms with van der Waals surface area (Å²) in [7, 11) is 0. The van der Waals surface area contributed by atoms with E-state index >= 15 is 0 Å². The van der Waals surface area contributed by atoms with Crippen molar-refractivity contribution < 1.29 is 0 Å². The fourth-order valence-electron chi connectivity index (χ4n) is 11.5. The minimum atomic E-state index is -0.723. The zero-order valence-corrected chi connectivity index (χ0v) is 44.2. The molecule has 1 heterocycles. The molecule has 368 valence electrons. The SMILES string of the molecule is Cc1ccc(N2c3ccccc3C(c3ccc(N(c4ccc(-c5ccccc5)cc4)c4cc(C)ccc4C)cc3)(c3ccc(N(c4ccc(-c5ccccc5)cc4)c4cc(C)ccc4C)cc3)c3cc(C)ccc32)cc1. The van der Waals surface area contributed by atoms with Crippen molar-refractivity contribution in [3.05, 3.63) is 316 Å². The van der Waals surface area contributed by atoms with Crippen LogP contribution in [0.1, 0.15) is 55.6 Å². The summed E-state index contributed by atoms with van der Waals surface area (Å²) in [6, 6.07) is 96.8. The molecule has 0 aromatic heterocycles. The summed E-state index contributed by atoms with van der Waals surface area (Å²) < 4.78 is 0. The van der Waals surface area contributed by atoms with E-state index < -0.39 is 5.41 Å². The van der Waals surface area contributed by atoms with Crippen LogP contribution in [0.3, 0.4) is 0 Å². The standard InChI is InChI=1S/C73H61N3/c1-50-23-36-66(37-24-50)76-69-20-14-13-19-67(69)73(68-47-51(2)25-46-70(68)76,60-32-42-64(43-33-60)74(71-48-52(3)21-26-54(71)5)62-38-28-58(29-39-62)56-15-9-7-10-16-56)61-34-44-65(45-35-61)75(72-49-53(4)22-27-55(72)6)63-40-30-59(31-41-63)57-17-11-8-12-18-57/h7-49H,1-6H3. The first kappa shape index (κ1) is 47.8. The van der Waals surface area contributed by atoms with Crippen molar-refractivity contribution in [1.29, 1.82) is 0 Å². The molecule has 0 amide bonds. The van der Waals surface area contributed by atoms with Crippen molar-refractivity contribution >= 4 is 51.2 Å². The topological polar surface area (TPSA) is 9.72 Å². The van der Waals surface area contributed by atoms with Crippen LogP contribution < -0.4 is 14.7 Å². The molecule has 1 aliphatic rings. The summed E-state index contributed by atoms with van der Waals surface area (Å²) in [4.78, 5) is 7.30. The third-order valence-corrected chi connectivity index (χ3v) is 15.4. The molecule has 0 unspecified atom stereocenters. The van der Waals surface area contributed by atoms with E-state index in [1.807, 2.05) is 0 Å². The lowest BCUT2D eigenvalue weighted by Crippen LogP contribution is -2.38. The summed E-state index contributed by atoms with van der Waals surface area (Å²) >= 11 is 0. The summed E-state index contributed by atoms with van der Waals surface area (Å²) in [6.45, 7) is 13.2. The van der Waals surface area contributed by atoms with Crippen molar-refractivity contribution in [2.45, 2.75) is 47.0 Å². The number of benzene rings is 11. The highest BCUT2D eigenvalue weighted by molar-refractivity contribution is 5.91. The predicted molar refractivity (Wildman–Crippen MR) is 322 cm³/mol. The molecule has 12 rings (SSSR count). The third kappa shape index (κ3) is 8.64. The molecule has 1 aliphatic heterocycles. The fraction of sp³-hybridized carbons (Fsp3) is 0.0959. The Hall–Kier alpha value is -9.18. The largest absolute Gasteiger partial charge is 0.310 e. The Morgan fingerprint density at radius 1 is 0.289 bits per heavy atom. The lowest BCUT2D eigenvalue weighted by atomic mass is 9.62. The summed E-state index contributed by atoms with van der Waals surface area (Å²) in [5.41, 5.74) is 26.4. The van der Waals surface area contributed by atoms with Gasteiger partial charge in [-0.1, -0.05) is 187 Å². The molecule has 0 atom stereocenters. The van der Waals surface area contributed by atoms with E-state index in [1.165, 1.54) is 77.9 Å². The van der Waals surface area contributed by atoms with E-state index in [-0.39, 0.29) is 0 Å². The quantitative estimate of drug-likeness (QED) is 0.128. The summed E-state index contributed by atoms with van der Waals surface area (Å²) in [5.74, 6) is 0. The van der Waals surface area contributed by atoms with Crippen molar-refractivity contribution in [2.24, 2.45) is 0 Å². The fourth-order valence-corrected chi connectivity index (χ4v) is 11.5. The van der Waals surface area contributed by atoms with E-state index in [0.29, 0.717) is 0 Å². The maximum Gasteiger partial charge on any atom is 0.0742 e. The summed E-state index contributed by atoms with van der Waals surface area (Å²) in [6.07, 6.45) is 0. The zero-order valence-electron chi connectivity index (χ0n) is 44.2. The van der Waals surface area contributed by atoms with Gasteiger partial charge < -0.3 is 14.7 Å². The lowest BCUT2D eigenvalue weighted by Gasteiger charge is -2.47. The van der Waals surface area contributed by atoms with Gasteiger partial charge in [-0.2, -0.15) is 0 Å². The number of hydrogen-bond acceptors (Lipinski definition) is 3. The predicted octanol–water partition coefficient (Wildman–Crippen LogP) is 20.0. The molecule has 0 radical (unpaired) electrons. The molecule has 3 nitrogen and oxygen atoms in total. The molecule has 76 heavy (non-hydrogen) atoms. The second-order valence-corrected chi connectivity index (χ2v) is 20.6. The molecule has 0 bridgehead atoms. The van der Waals surface area contributed by atoms with Gasteiger partial charge >= 0.3 is 0 Å². The maximum absolute atomic E-state index is 2.47. The second kappa shape index (κ2) is 19.9. The lowest BCUT2D eigenvalue weighted by molar-refractivity contribution is 0.730. The highest BCUT2D eigenvalue weighted by atomic mass is 15.2. The molecule has 11 aromatic rings. The van der Waals surface area contributed by atoms with E-state index in [2.05, 4.69) is 317 Å². The van der Waals surface area contributed by atoms with Crippen LogP contribution in [0.25, 0.3) is 22.3 Å². The van der Waals surface area contributed by atoms with E-state index in [9.17, 15) is 0 Å². The molecule has 0 aliphatic carbocycles. The van der Waals surface area contributed by atoms with Crippen molar-refractivity contribution in [2.75, 3.05) is 14.7 Å². The molecule has 0 fully saturated rings. The van der Waals surface area contributed by atoms with Gasteiger partial charge in [0, 0.05) is 39.8 Å². The number of anilines is 9. The van der Waals surface area contributed by atoms with Gasteiger partial charge in [0.1, 0.15) is 0 Å². The number of para-hydroxylation sites is 1. The highest BCUT2D eigenvalue weighted by Gasteiger charge is 2.46. The van der Waals surface area contributed by atoms with Crippen LogP contribution in [-0.2, 0) is 5.41 Å². The van der Waals surface area contributed by atoms with Gasteiger partial charge in [0.2, 0.25) is 0 Å². The Morgan fingerprint density at radius 3 is 1.13 bits per heavy atom. The number of fused-ring (bicyclic) bond motifs is 2. The van der Waals surface area contributed by atoms with E-state index in [4.69, 9.17) is 0 Å². The molecule has 0 saturated carbocycles. The van der Waals surface area contributed by atoms with E-state index in [0.717, 1.165) is 51.2 Å². The maximum atomic E-state index is 2.47. The first-order valence-electron chi connectivity index (χ1n) is 26.5. The van der Waals surface area contributed by atoms with Crippen LogP contribution in [0.15, 0.2) is 261 Å². The smallest absolute Gasteiger partial charge is 0.0742 e. The Bertz CT molecular complexity index is 3660. The Labute approximate surface area is 449 Å². The molecule has 0 saturated heterocycles. The highest BCUT2D eigenvalue weighted by Crippen LogP contribution is 2.58. The number of nitrogens with zero attached hydrogens (tertiary/aromatic N) is 3. The minimum absolute atomic E-state index is 0.723. The average Bonchev–Trinajstić information content (AvgIpc) is 3.66. The molecule has 11 aromatic carbocycles. The zero-order chi connectivity index (χ0) is 51.9. The van der Waals surface area contributed by atoms with Gasteiger partial charge in [0.25, 0.3) is 0 Å². The summed E-state index contributed by atoms with van der Waals surface area (Å²) in [5, 5.41) is 0. The van der Waals surface area contributed by atoms with Crippen LogP contribution in [-0.4, -0.2) is 0 Å². The average molecular weight is 980 g/mol. The van der Waals surface area contributed by atoms with E-state index in [1.54, 1.807) is 0 Å². The van der Waals surface area contributed by atoms with Crippen LogP contribution in [0, 0.1) is 41.5 Å². The van der Waals surface area contributed by atoms with Crippen molar-refractivity contribution in [3.63, 3.8) is 0 Å². The third-order valence-electron chi connectivity index (χ3n) is 15.4. The number of aryl methyl sites for hydroxylation is 6. The van der Waals surface area contributed by atoms with Gasteiger partial charge in [0.15, 0.2) is 0 Å². The van der Waals surface area contributed by atoms with Gasteiger partial charge in [-0.25, -0.2) is 0 Å². The Morgan fingerprint density at radius 2 is 0.658 bits per heavy atom. The van der Waals surface area contributed by atoms with Crippen molar-refractivity contribution in [3.8, 4) is 22.3 Å². The first-order chi connectivity index (χ1) is 37.1. The Balaban J connectivity index is 1.06. The number of rotatable bonds is 11. The van der Waals surface area contributed by atoms with Crippen LogP contribution in [0.5, 0.6) is 0 Å². The minimum Gasteiger partial charge on any atom is -0.310 e. The molecule has 0 spiro atoms. The van der Waals surface area contributed by atoms with Gasteiger partial charge in [-0.15, -0.1) is 0 Å². The number of hydrogen-bond donors (Lipinski definition) is 0. The molecular formula is C73H61N3. The van der Waals surface area contributed by atoms with Crippen molar-refractivity contribution in [1.82, 2.24) is 0 Å². The van der Waals surface area contributed by atoms with Crippen LogP contribution in [0.2, 0.25) is 0 Å². The Kier molecular flexibility index (Phi) is 12.5.